The van der Waals surface area contributed by atoms with Crippen LogP contribution in [0.3, 0.4) is 0 Å². The molecule has 0 radical (unpaired) electrons. The summed E-state index contributed by atoms with van der Waals surface area (Å²) in [5.74, 6) is 2.42. The molecule has 0 aromatic carbocycles. The first-order chi connectivity index (χ1) is 7.66. The smallest absolute Gasteiger partial charge is 0.133 e. The molecule has 1 saturated heterocycles. The van der Waals surface area contributed by atoms with Crippen LogP contribution in [-0.2, 0) is 0 Å². The molecule has 1 aliphatic rings. The second-order valence-corrected chi connectivity index (χ2v) is 4.62. The lowest BCUT2D eigenvalue weighted by atomic mass is 10.2. The Balaban J connectivity index is 2.25. The number of anilines is 1. The third-order valence-electron chi connectivity index (χ3n) is 2.82. The molecular formula is C12H20N4. The molecule has 1 N–H and O–H groups in total. The van der Waals surface area contributed by atoms with Crippen LogP contribution in [0.1, 0.15) is 31.3 Å². The number of hydrogen-bond acceptors (Lipinski definition) is 4. The molecule has 1 fully saturated rings. The van der Waals surface area contributed by atoms with Gasteiger partial charge in [-0.2, -0.15) is 0 Å². The first-order valence-electron chi connectivity index (χ1n) is 5.98. The molecule has 0 atom stereocenters. The van der Waals surface area contributed by atoms with E-state index in [2.05, 4.69) is 40.1 Å². The van der Waals surface area contributed by atoms with E-state index >= 15 is 0 Å². The molecule has 4 heteroatoms. The summed E-state index contributed by atoms with van der Waals surface area (Å²) in [5.41, 5.74) is 1.06. The zero-order chi connectivity index (χ0) is 11.5. The van der Waals surface area contributed by atoms with Crippen molar-refractivity contribution in [3.63, 3.8) is 0 Å². The number of nitrogens with one attached hydrogen (secondary N) is 1. The van der Waals surface area contributed by atoms with E-state index in [4.69, 9.17) is 0 Å². The van der Waals surface area contributed by atoms with E-state index in [-0.39, 0.29) is 0 Å². The van der Waals surface area contributed by atoms with Crippen molar-refractivity contribution in [3.05, 3.63) is 17.6 Å². The first-order valence-corrected chi connectivity index (χ1v) is 5.98. The molecule has 4 nitrogen and oxygen atoms in total. The van der Waals surface area contributed by atoms with E-state index in [9.17, 15) is 0 Å². The quantitative estimate of drug-likeness (QED) is 0.816. The van der Waals surface area contributed by atoms with Crippen LogP contribution in [0.2, 0.25) is 0 Å². The molecule has 2 heterocycles. The topological polar surface area (TPSA) is 41.0 Å². The molecule has 88 valence electrons. The number of hydrogen-bond donors (Lipinski definition) is 1. The van der Waals surface area contributed by atoms with Gasteiger partial charge in [-0.1, -0.05) is 13.8 Å². The highest BCUT2D eigenvalue weighted by molar-refractivity contribution is 5.40. The van der Waals surface area contributed by atoms with Crippen molar-refractivity contribution < 1.29 is 0 Å². The molecule has 2 rings (SSSR count). The van der Waals surface area contributed by atoms with E-state index in [0.29, 0.717) is 5.92 Å². The third kappa shape index (κ3) is 2.50. The Morgan fingerprint density at radius 3 is 2.56 bits per heavy atom. The molecule has 0 bridgehead atoms. The second-order valence-electron chi connectivity index (χ2n) is 4.62. The van der Waals surface area contributed by atoms with Crippen molar-refractivity contribution in [2.24, 2.45) is 0 Å². The summed E-state index contributed by atoms with van der Waals surface area (Å²) in [7, 11) is 0. The van der Waals surface area contributed by atoms with E-state index < -0.39 is 0 Å². The van der Waals surface area contributed by atoms with E-state index in [0.717, 1.165) is 43.5 Å². The summed E-state index contributed by atoms with van der Waals surface area (Å²) in [6, 6.07) is 2.08. The third-order valence-corrected chi connectivity index (χ3v) is 2.82. The number of aromatic nitrogens is 2. The van der Waals surface area contributed by atoms with Gasteiger partial charge in [-0.25, -0.2) is 9.97 Å². The van der Waals surface area contributed by atoms with Crippen molar-refractivity contribution in [1.82, 2.24) is 15.3 Å². The van der Waals surface area contributed by atoms with Gasteiger partial charge in [0.05, 0.1) is 0 Å². The maximum absolute atomic E-state index is 4.64. The van der Waals surface area contributed by atoms with Crippen LogP contribution < -0.4 is 10.2 Å². The fourth-order valence-corrected chi connectivity index (χ4v) is 1.89. The molecule has 1 aliphatic heterocycles. The van der Waals surface area contributed by atoms with Gasteiger partial charge in [0, 0.05) is 43.9 Å². The number of piperazine rings is 1. The van der Waals surface area contributed by atoms with Crippen LogP contribution in [0.15, 0.2) is 6.07 Å². The predicted molar refractivity (Wildman–Crippen MR) is 65.9 cm³/mol. The molecule has 0 saturated carbocycles. The lowest BCUT2D eigenvalue weighted by Gasteiger charge is -2.29. The summed E-state index contributed by atoms with van der Waals surface area (Å²) in [5, 5.41) is 3.35. The Bertz CT molecular complexity index is 356. The van der Waals surface area contributed by atoms with Crippen LogP contribution in [0.5, 0.6) is 0 Å². The molecule has 0 aliphatic carbocycles. The highest BCUT2D eigenvalue weighted by Gasteiger charge is 2.14. The lowest BCUT2D eigenvalue weighted by molar-refractivity contribution is 0.582. The first kappa shape index (κ1) is 11.3. The maximum atomic E-state index is 4.64. The molecule has 0 unspecified atom stereocenters. The minimum Gasteiger partial charge on any atom is -0.354 e. The van der Waals surface area contributed by atoms with Gasteiger partial charge in [-0.05, 0) is 6.92 Å². The monoisotopic (exact) mass is 220 g/mol. The minimum absolute atomic E-state index is 0.390. The van der Waals surface area contributed by atoms with Gasteiger partial charge in [-0.3, -0.25) is 0 Å². The molecule has 16 heavy (non-hydrogen) atoms. The van der Waals surface area contributed by atoms with Crippen molar-refractivity contribution >= 4 is 5.82 Å². The van der Waals surface area contributed by atoms with Gasteiger partial charge >= 0.3 is 0 Å². The van der Waals surface area contributed by atoms with Crippen molar-refractivity contribution in [2.45, 2.75) is 26.7 Å². The average molecular weight is 220 g/mol. The van der Waals surface area contributed by atoms with Crippen molar-refractivity contribution in [2.75, 3.05) is 31.1 Å². The Hall–Kier alpha value is -1.16. The van der Waals surface area contributed by atoms with Crippen LogP contribution >= 0.6 is 0 Å². The minimum atomic E-state index is 0.390. The van der Waals surface area contributed by atoms with Gasteiger partial charge in [0.1, 0.15) is 11.6 Å². The highest BCUT2D eigenvalue weighted by atomic mass is 15.2. The predicted octanol–water partition coefficient (Wildman–Crippen LogP) is 1.32. The maximum Gasteiger partial charge on any atom is 0.133 e. The largest absolute Gasteiger partial charge is 0.354 e. The highest BCUT2D eigenvalue weighted by Crippen LogP contribution is 2.17. The summed E-state index contributed by atoms with van der Waals surface area (Å²) in [6.07, 6.45) is 0. The Labute approximate surface area is 97.1 Å². The van der Waals surface area contributed by atoms with Crippen LogP contribution in [0.25, 0.3) is 0 Å². The summed E-state index contributed by atoms with van der Waals surface area (Å²) < 4.78 is 0. The Morgan fingerprint density at radius 1 is 1.25 bits per heavy atom. The molecule has 0 spiro atoms. The molecule has 1 aromatic rings. The van der Waals surface area contributed by atoms with E-state index in [1.165, 1.54) is 0 Å². The van der Waals surface area contributed by atoms with Gasteiger partial charge in [0.25, 0.3) is 0 Å². The van der Waals surface area contributed by atoms with Gasteiger partial charge in [-0.15, -0.1) is 0 Å². The van der Waals surface area contributed by atoms with E-state index in [1.54, 1.807) is 0 Å². The molecular weight excluding hydrogens is 200 g/mol. The zero-order valence-corrected chi connectivity index (χ0v) is 10.3. The Morgan fingerprint density at radius 2 is 1.94 bits per heavy atom. The summed E-state index contributed by atoms with van der Waals surface area (Å²) in [4.78, 5) is 11.4. The SMILES string of the molecule is Cc1cc(N2CCNCC2)nc(C(C)C)n1. The van der Waals surface area contributed by atoms with Gasteiger partial charge in [0.15, 0.2) is 0 Å². The van der Waals surface area contributed by atoms with Gasteiger partial charge < -0.3 is 10.2 Å². The number of rotatable bonds is 2. The second kappa shape index (κ2) is 4.78. The summed E-state index contributed by atoms with van der Waals surface area (Å²) in [6.45, 7) is 10.5. The number of aryl methyl sites for hydroxylation is 1. The molecule has 0 amide bonds. The van der Waals surface area contributed by atoms with Crippen LogP contribution in [-0.4, -0.2) is 36.1 Å². The normalized spacial score (nSPS) is 16.9. The lowest BCUT2D eigenvalue weighted by Crippen LogP contribution is -2.44. The van der Waals surface area contributed by atoms with E-state index in [1.807, 2.05) is 6.92 Å². The number of nitrogens with zero attached hydrogens (tertiary/aromatic N) is 3. The Kier molecular flexibility index (Phi) is 3.39. The van der Waals surface area contributed by atoms with Crippen LogP contribution in [0.4, 0.5) is 5.82 Å². The van der Waals surface area contributed by atoms with Crippen molar-refractivity contribution in [3.8, 4) is 0 Å². The molecule has 1 aromatic heterocycles. The zero-order valence-electron chi connectivity index (χ0n) is 10.3. The standard InChI is InChI=1S/C12H20N4/c1-9(2)12-14-10(3)8-11(15-12)16-6-4-13-5-7-16/h8-9,13H,4-7H2,1-3H3. The van der Waals surface area contributed by atoms with Gasteiger partial charge in [0.2, 0.25) is 0 Å². The fourth-order valence-electron chi connectivity index (χ4n) is 1.89. The van der Waals surface area contributed by atoms with Crippen LogP contribution in [0, 0.1) is 6.92 Å². The summed E-state index contributed by atoms with van der Waals surface area (Å²) >= 11 is 0. The fraction of sp³-hybridized carbons (Fsp3) is 0.667. The average Bonchev–Trinajstić information content (AvgIpc) is 2.29. The van der Waals surface area contributed by atoms with Crippen molar-refractivity contribution in [1.29, 1.82) is 0 Å².